The number of nitrogens with zero attached hydrogens (tertiary/aromatic N) is 5. The molecule has 1 aliphatic carbocycles. The molecule has 0 spiro atoms. The van der Waals surface area contributed by atoms with E-state index in [0.29, 0.717) is 6.04 Å². The first kappa shape index (κ1) is 20.9. The molecule has 1 saturated carbocycles. The third-order valence-electron chi connectivity index (χ3n) is 6.93. The number of rotatable bonds is 6. The van der Waals surface area contributed by atoms with Gasteiger partial charge in [0.1, 0.15) is 0 Å². The largest absolute Gasteiger partial charge is 0.493 e. The predicted octanol–water partition coefficient (Wildman–Crippen LogP) is 4.34. The van der Waals surface area contributed by atoms with Crippen LogP contribution in [-0.4, -0.2) is 45.9 Å². The lowest BCUT2D eigenvalue weighted by atomic mass is 9.94. The first-order valence-electron chi connectivity index (χ1n) is 11.6. The minimum atomic E-state index is -0.0555. The van der Waals surface area contributed by atoms with Crippen LogP contribution in [0, 0.1) is 0 Å². The minimum Gasteiger partial charge on any atom is -0.493 e. The maximum absolute atomic E-state index is 5.63. The molecule has 3 aromatic rings. The van der Waals surface area contributed by atoms with Gasteiger partial charge in [-0.15, -0.1) is 5.10 Å². The fourth-order valence-electron chi connectivity index (χ4n) is 5.25. The molecule has 0 radical (unpaired) electrons. The Bertz CT molecular complexity index is 1060. The van der Waals surface area contributed by atoms with E-state index in [-0.39, 0.29) is 6.04 Å². The fraction of sp³-hybridized carbons (Fsp3) is 0.480. The molecular weight excluding hydrogens is 402 g/mol. The van der Waals surface area contributed by atoms with Crippen molar-refractivity contribution in [1.29, 1.82) is 0 Å². The van der Waals surface area contributed by atoms with Crippen LogP contribution in [-0.2, 0) is 13.0 Å². The molecule has 0 N–H and O–H groups in total. The van der Waals surface area contributed by atoms with Gasteiger partial charge in [0.25, 0.3) is 0 Å². The summed E-state index contributed by atoms with van der Waals surface area (Å²) in [5, 5.41) is 13.2. The second-order valence-electron chi connectivity index (χ2n) is 8.78. The van der Waals surface area contributed by atoms with Gasteiger partial charge in [0.15, 0.2) is 17.3 Å². The Morgan fingerprint density at radius 3 is 2.50 bits per heavy atom. The van der Waals surface area contributed by atoms with E-state index in [9.17, 15) is 0 Å². The van der Waals surface area contributed by atoms with E-state index >= 15 is 0 Å². The monoisotopic (exact) mass is 433 g/mol. The summed E-state index contributed by atoms with van der Waals surface area (Å²) in [7, 11) is 3.35. The van der Waals surface area contributed by atoms with Crippen molar-refractivity contribution in [2.24, 2.45) is 0 Å². The quantitative estimate of drug-likeness (QED) is 0.576. The zero-order chi connectivity index (χ0) is 21.9. The summed E-state index contributed by atoms with van der Waals surface area (Å²) >= 11 is 0. The zero-order valence-corrected chi connectivity index (χ0v) is 18.9. The summed E-state index contributed by atoms with van der Waals surface area (Å²) in [5.41, 5.74) is 3.93. The average molecular weight is 434 g/mol. The van der Waals surface area contributed by atoms with Crippen LogP contribution in [0.15, 0.2) is 42.5 Å². The molecule has 0 unspecified atom stereocenters. The number of tetrazole rings is 1. The lowest BCUT2D eigenvalue weighted by Crippen LogP contribution is -2.36. The first-order valence-corrected chi connectivity index (χ1v) is 11.6. The topological polar surface area (TPSA) is 65.3 Å². The molecule has 1 fully saturated rings. The summed E-state index contributed by atoms with van der Waals surface area (Å²) in [5.74, 6) is 2.37. The normalized spacial score (nSPS) is 18.2. The molecule has 7 nitrogen and oxygen atoms in total. The molecule has 0 saturated heterocycles. The number of aromatic nitrogens is 4. The third-order valence-corrected chi connectivity index (χ3v) is 6.93. The van der Waals surface area contributed by atoms with Crippen molar-refractivity contribution in [3.63, 3.8) is 0 Å². The van der Waals surface area contributed by atoms with Crippen LogP contribution < -0.4 is 9.47 Å². The van der Waals surface area contributed by atoms with Crippen molar-refractivity contribution >= 4 is 0 Å². The maximum Gasteiger partial charge on any atom is 0.173 e. The maximum atomic E-state index is 5.63. The van der Waals surface area contributed by atoms with Gasteiger partial charge in [-0.1, -0.05) is 49.6 Å². The smallest absolute Gasteiger partial charge is 0.173 e. The standard InChI is InChI=1S/C25H31N5O2/c1-31-22-13-12-19(16-23(22)32-2)24(29-15-14-18-8-6-7-9-20(18)17-29)25-26-27-28-30(25)21-10-4-3-5-11-21/h6-9,12-13,16,21,24H,3-5,10-11,14-15,17H2,1-2H3/t24-/m0/s1. The predicted molar refractivity (Wildman–Crippen MR) is 122 cm³/mol. The van der Waals surface area contributed by atoms with Gasteiger partial charge < -0.3 is 9.47 Å². The first-order chi connectivity index (χ1) is 15.8. The molecule has 5 rings (SSSR count). The Hall–Kier alpha value is -2.93. The number of ether oxygens (including phenoxy) is 2. The molecule has 7 heteroatoms. The summed E-state index contributed by atoms with van der Waals surface area (Å²) in [6, 6.07) is 15.2. The number of benzene rings is 2. The van der Waals surface area contributed by atoms with E-state index in [1.54, 1.807) is 14.2 Å². The lowest BCUT2D eigenvalue weighted by Gasteiger charge is -2.36. The highest BCUT2D eigenvalue weighted by molar-refractivity contribution is 5.45. The molecule has 1 aromatic heterocycles. The van der Waals surface area contributed by atoms with E-state index < -0.39 is 0 Å². The summed E-state index contributed by atoms with van der Waals surface area (Å²) in [4.78, 5) is 2.49. The Morgan fingerprint density at radius 1 is 0.938 bits per heavy atom. The molecule has 0 amide bonds. The van der Waals surface area contributed by atoms with Crippen molar-refractivity contribution in [3.8, 4) is 11.5 Å². The lowest BCUT2D eigenvalue weighted by molar-refractivity contribution is 0.187. The van der Waals surface area contributed by atoms with Gasteiger partial charge >= 0.3 is 0 Å². The van der Waals surface area contributed by atoms with E-state index in [1.165, 1.54) is 30.4 Å². The SMILES string of the molecule is COc1ccc([C@@H](c2nnnn2C2CCCCC2)N2CCc3ccccc3C2)cc1OC. The van der Waals surface area contributed by atoms with Gasteiger partial charge in [0, 0.05) is 13.1 Å². The fourth-order valence-corrected chi connectivity index (χ4v) is 5.25. The van der Waals surface area contributed by atoms with Crippen LogP contribution in [0.1, 0.15) is 66.7 Å². The molecule has 2 aromatic carbocycles. The molecular formula is C25H31N5O2. The van der Waals surface area contributed by atoms with Crippen LogP contribution in [0.4, 0.5) is 0 Å². The second-order valence-corrected chi connectivity index (χ2v) is 8.78. The highest BCUT2D eigenvalue weighted by Crippen LogP contribution is 2.38. The summed E-state index contributed by atoms with van der Waals surface area (Å²) < 4.78 is 13.2. The van der Waals surface area contributed by atoms with E-state index in [4.69, 9.17) is 9.47 Å². The highest BCUT2D eigenvalue weighted by atomic mass is 16.5. The Balaban J connectivity index is 1.57. The Labute approximate surface area is 189 Å². The van der Waals surface area contributed by atoms with Gasteiger partial charge in [0.2, 0.25) is 0 Å². The Morgan fingerprint density at radius 2 is 1.72 bits per heavy atom. The number of hydrogen-bond acceptors (Lipinski definition) is 6. The number of methoxy groups -OCH3 is 2. The van der Waals surface area contributed by atoms with Crippen molar-refractivity contribution in [2.45, 2.75) is 57.2 Å². The molecule has 1 atom stereocenters. The molecule has 2 heterocycles. The zero-order valence-electron chi connectivity index (χ0n) is 18.9. The van der Waals surface area contributed by atoms with Gasteiger partial charge in [-0.2, -0.15) is 0 Å². The molecule has 32 heavy (non-hydrogen) atoms. The van der Waals surface area contributed by atoms with E-state index in [2.05, 4.69) is 61.5 Å². The van der Waals surface area contributed by atoms with Gasteiger partial charge in [-0.3, -0.25) is 4.90 Å². The average Bonchev–Trinajstić information content (AvgIpc) is 3.34. The van der Waals surface area contributed by atoms with Crippen molar-refractivity contribution in [3.05, 3.63) is 65.0 Å². The highest BCUT2D eigenvalue weighted by Gasteiger charge is 2.33. The van der Waals surface area contributed by atoms with E-state index in [1.807, 2.05) is 6.07 Å². The molecule has 168 valence electrons. The van der Waals surface area contributed by atoms with Gasteiger partial charge in [-0.05, 0) is 58.5 Å². The summed E-state index contributed by atoms with van der Waals surface area (Å²) in [6.45, 7) is 1.82. The number of hydrogen-bond donors (Lipinski definition) is 0. The van der Waals surface area contributed by atoms with Crippen LogP contribution in [0.5, 0.6) is 11.5 Å². The van der Waals surface area contributed by atoms with Gasteiger partial charge in [-0.25, -0.2) is 4.68 Å². The second kappa shape index (κ2) is 9.28. The van der Waals surface area contributed by atoms with Crippen molar-refractivity contribution in [1.82, 2.24) is 25.1 Å². The minimum absolute atomic E-state index is 0.0555. The van der Waals surface area contributed by atoms with Crippen LogP contribution in [0.3, 0.4) is 0 Å². The van der Waals surface area contributed by atoms with Crippen LogP contribution in [0.2, 0.25) is 0 Å². The van der Waals surface area contributed by atoms with Gasteiger partial charge in [0.05, 0.1) is 26.3 Å². The number of fused-ring (bicyclic) bond motifs is 1. The molecule has 2 aliphatic rings. The molecule has 0 bridgehead atoms. The third kappa shape index (κ3) is 3.97. The van der Waals surface area contributed by atoms with Crippen LogP contribution >= 0.6 is 0 Å². The summed E-state index contributed by atoms with van der Waals surface area (Å²) in [6.07, 6.45) is 7.07. The van der Waals surface area contributed by atoms with E-state index in [0.717, 1.165) is 55.2 Å². The Kier molecular flexibility index (Phi) is 6.08. The van der Waals surface area contributed by atoms with Crippen LogP contribution in [0.25, 0.3) is 0 Å². The molecule has 1 aliphatic heterocycles. The van der Waals surface area contributed by atoms with Crippen molar-refractivity contribution < 1.29 is 9.47 Å². The van der Waals surface area contributed by atoms with Crippen molar-refractivity contribution in [2.75, 3.05) is 20.8 Å².